The zero-order valence-corrected chi connectivity index (χ0v) is 13.7. The number of carbonyl (C=O) groups excluding carboxylic acids is 1. The van der Waals surface area contributed by atoms with Crippen LogP contribution in [-0.4, -0.2) is 38.6 Å². The average Bonchev–Trinajstić information content (AvgIpc) is 3.31. The second-order valence-electron chi connectivity index (χ2n) is 6.65. The van der Waals surface area contributed by atoms with Crippen LogP contribution in [0, 0.1) is 11.8 Å². The Labute approximate surface area is 144 Å². The Hall–Kier alpha value is -2.70. The number of carboxylic acids is 1. The Morgan fingerprint density at radius 3 is 2.68 bits per heavy atom. The largest absolute Gasteiger partial charge is 0.481 e. The molecule has 1 aromatic carbocycles. The normalized spacial score (nSPS) is 25.6. The van der Waals surface area contributed by atoms with Crippen LogP contribution in [0.5, 0.6) is 0 Å². The third-order valence-electron chi connectivity index (χ3n) is 4.97. The third-order valence-corrected chi connectivity index (χ3v) is 4.97. The smallest absolute Gasteiger partial charge is 0.307 e. The number of benzene rings is 1. The number of likely N-dealkylation sites (tertiary alicyclic amines) is 1. The Balaban J connectivity index is 1.55. The van der Waals surface area contributed by atoms with Gasteiger partial charge in [-0.2, -0.15) is 4.98 Å². The molecule has 1 amide bonds. The number of carbonyl (C=O) groups is 2. The van der Waals surface area contributed by atoms with Gasteiger partial charge in [0.15, 0.2) is 0 Å². The predicted octanol–water partition coefficient (Wildman–Crippen LogP) is 2.51. The molecular formula is C18H19N3O4. The molecule has 2 aromatic rings. The quantitative estimate of drug-likeness (QED) is 0.918. The van der Waals surface area contributed by atoms with Gasteiger partial charge in [-0.05, 0) is 25.7 Å². The van der Waals surface area contributed by atoms with Crippen molar-refractivity contribution in [2.24, 2.45) is 11.8 Å². The summed E-state index contributed by atoms with van der Waals surface area (Å²) in [4.78, 5) is 30.0. The number of nitrogens with zero attached hydrogens (tertiary/aromatic N) is 3. The highest BCUT2D eigenvalue weighted by molar-refractivity contribution is 5.89. The number of carboxylic acid groups (broad SMARTS) is 1. The molecule has 0 radical (unpaired) electrons. The van der Waals surface area contributed by atoms with Gasteiger partial charge in [0.05, 0.1) is 11.8 Å². The second kappa shape index (κ2) is 6.31. The van der Waals surface area contributed by atoms with E-state index in [1.165, 1.54) is 0 Å². The molecule has 1 aliphatic heterocycles. The van der Waals surface area contributed by atoms with Crippen LogP contribution in [0.15, 0.2) is 34.9 Å². The SMILES string of the molecule is O=C(O)[C@@H]1C[C@@H]1C(=O)N1CCCC[C@H]1c1nc(-c2ccccc2)no1. The first-order chi connectivity index (χ1) is 12.1. The van der Waals surface area contributed by atoms with Gasteiger partial charge < -0.3 is 14.5 Å². The molecule has 1 N–H and O–H groups in total. The zero-order valence-electron chi connectivity index (χ0n) is 13.7. The lowest BCUT2D eigenvalue weighted by atomic mass is 10.0. The summed E-state index contributed by atoms with van der Waals surface area (Å²) in [5, 5.41) is 13.1. The van der Waals surface area contributed by atoms with E-state index in [9.17, 15) is 9.59 Å². The van der Waals surface area contributed by atoms with Crippen LogP contribution in [0.2, 0.25) is 0 Å². The first-order valence-electron chi connectivity index (χ1n) is 8.57. The standard InChI is InChI=1S/C18H19N3O4/c22-17(12-10-13(12)18(23)24)21-9-5-4-8-14(21)16-19-15(20-25-16)11-6-2-1-3-7-11/h1-3,6-7,12-14H,4-5,8-10H2,(H,23,24)/t12-,13+,14-/m0/s1. The van der Waals surface area contributed by atoms with Crippen molar-refractivity contribution in [3.63, 3.8) is 0 Å². The van der Waals surface area contributed by atoms with Crippen molar-refractivity contribution in [1.82, 2.24) is 15.0 Å². The van der Waals surface area contributed by atoms with Crippen molar-refractivity contribution >= 4 is 11.9 Å². The van der Waals surface area contributed by atoms with Gasteiger partial charge in [0.2, 0.25) is 17.6 Å². The molecule has 0 unspecified atom stereocenters. The number of piperidine rings is 1. The number of rotatable bonds is 4. The minimum absolute atomic E-state index is 0.100. The molecular weight excluding hydrogens is 322 g/mol. The predicted molar refractivity (Wildman–Crippen MR) is 87.3 cm³/mol. The number of amides is 1. The summed E-state index contributed by atoms with van der Waals surface area (Å²) in [6.45, 7) is 0.607. The van der Waals surface area contributed by atoms with Crippen LogP contribution >= 0.6 is 0 Å². The lowest BCUT2D eigenvalue weighted by Crippen LogP contribution is -2.40. The maximum absolute atomic E-state index is 12.7. The highest BCUT2D eigenvalue weighted by Crippen LogP contribution is 2.43. The number of hydrogen-bond donors (Lipinski definition) is 1. The van der Waals surface area contributed by atoms with Crippen molar-refractivity contribution < 1.29 is 19.2 Å². The van der Waals surface area contributed by atoms with Crippen molar-refractivity contribution in [1.29, 1.82) is 0 Å². The van der Waals surface area contributed by atoms with Gasteiger partial charge in [-0.25, -0.2) is 0 Å². The van der Waals surface area contributed by atoms with Crippen molar-refractivity contribution in [3.05, 3.63) is 36.2 Å². The molecule has 4 rings (SSSR count). The fraction of sp³-hybridized carbons (Fsp3) is 0.444. The van der Waals surface area contributed by atoms with Crippen LogP contribution in [0.25, 0.3) is 11.4 Å². The molecule has 3 atom stereocenters. The van der Waals surface area contributed by atoms with Gasteiger partial charge in [-0.3, -0.25) is 9.59 Å². The number of hydrogen-bond acceptors (Lipinski definition) is 5. The summed E-state index contributed by atoms with van der Waals surface area (Å²) in [6, 6.07) is 9.27. The Morgan fingerprint density at radius 1 is 1.16 bits per heavy atom. The first-order valence-corrected chi connectivity index (χ1v) is 8.57. The van der Waals surface area contributed by atoms with Crippen LogP contribution in [0.4, 0.5) is 0 Å². The second-order valence-corrected chi connectivity index (χ2v) is 6.65. The maximum Gasteiger partial charge on any atom is 0.307 e. The Bertz CT molecular complexity index is 789. The molecule has 1 aliphatic carbocycles. The van der Waals surface area contributed by atoms with E-state index in [0.717, 1.165) is 24.8 Å². The van der Waals surface area contributed by atoms with Crippen LogP contribution < -0.4 is 0 Å². The van der Waals surface area contributed by atoms with Gasteiger partial charge >= 0.3 is 5.97 Å². The molecule has 0 bridgehead atoms. The molecule has 1 saturated heterocycles. The van der Waals surface area contributed by atoms with E-state index in [0.29, 0.717) is 24.7 Å². The van der Waals surface area contributed by atoms with Crippen molar-refractivity contribution in [2.45, 2.75) is 31.7 Å². The fourth-order valence-corrected chi connectivity index (χ4v) is 3.48. The van der Waals surface area contributed by atoms with E-state index in [2.05, 4.69) is 10.1 Å². The highest BCUT2D eigenvalue weighted by Gasteiger charge is 2.51. The van der Waals surface area contributed by atoms with E-state index in [1.807, 2.05) is 30.3 Å². The van der Waals surface area contributed by atoms with Crippen molar-refractivity contribution in [2.75, 3.05) is 6.54 Å². The van der Waals surface area contributed by atoms with E-state index in [1.54, 1.807) is 4.90 Å². The van der Waals surface area contributed by atoms with Crippen LogP contribution in [0.1, 0.15) is 37.6 Å². The molecule has 1 aromatic heterocycles. The first kappa shape index (κ1) is 15.8. The fourth-order valence-electron chi connectivity index (χ4n) is 3.48. The van der Waals surface area contributed by atoms with E-state index >= 15 is 0 Å². The maximum atomic E-state index is 12.7. The number of aromatic nitrogens is 2. The summed E-state index contributed by atoms with van der Waals surface area (Å²) in [6.07, 6.45) is 3.07. The van der Waals surface area contributed by atoms with Crippen LogP contribution in [-0.2, 0) is 9.59 Å². The zero-order chi connectivity index (χ0) is 17.4. The van der Waals surface area contributed by atoms with Gasteiger partial charge in [0, 0.05) is 12.1 Å². The molecule has 130 valence electrons. The van der Waals surface area contributed by atoms with E-state index in [4.69, 9.17) is 9.63 Å². The average molecular weight is 341 g/mol. The summed E-state index contributed by atoms with van der Waals surface area (Å²) in [7, 11) is 0. The molecule has 7 heteroatoms. The van der Waals surface area contributed by atoms with E-state index < -0.39 is 17.8 Å². The molecule has 25 heavy (non-hydrogen) atoms. The van der Waals surface area contributed by atoms with Gasteiger partial charge in [0.25, 0.3) is 0 Å². The lowest BCUT2D eigenvalue weighted by molar-refractivity contribution is -0.143. The third kappa shape index (κ3) is 3.01. The van der Waals surface area contributed by atoms with Gasteiger partial charge in [-0.15, -0.1) is 0 Å². The summed E-state index contributed by atoms with van der Waals surface area (Å²) < 4.78 is 5.44. The van der Waals surface area contributed by atoms with Gasteiger partial charge in [0.1, 0.15) is 6.04 Å². The Kier molecular flexibility index (Phi) is 3.99. The minimum atomic E-state index is -0.893. The topological polar surface area (TPSA) is 96.5 Å². The van der Waals surface area contributed by atoms with Gasteiger partial charge in [-0.1, -0.05) is 35.5 Å². The number of aliphatic carboxylic acids is 1. The lowest BCUT2D eigenvalue weighted by Gasteiger charge is -2.33. The molecule has 1 saturated carbocycles. The molecule has 2 aliphatic rings. The molecule has 2 heterocycles. The van der Waals surface area contributed by atoms with E-state index in [-0.39, 0.29) is 11.9 Å². The summed E-state index contributed by atoms with van der Waals surface area (Å²) >= 11 is 0. The molecule has 0 spiro atoms. The van der Waals surface area contributed by atoms with Crippen molar-refractivity contribution in [3.8, 4) is 11.4 Å². The molecule has 2 fully saturated rings. The molecule has 7 nitrogen and oxygen atoms in total. The van der Waals surface area contributed by atoms with Crippen LogP contribution in [0.3, 0.4) is 0 Å². The Morgan fingerprint density at radius 2 is 1.96 bits per heavy atom. The minimum Gasteiger partial charge on any atom is -0.481 e. The summed E-state index contributed by atoms with van der Waals surface area (Å²) in [5.74, 6) is -1.01. The summed E-state index contributed by atoms with van der Waals surface area (Å²) in [5.41, 5.74) is 0.860. The monoisotopic (exact) mass is 341 g/mol. The highest BCUT2D eigenvalue weighted by atomic mass is 16.5.